The number of guanidine groups is 1. The Morgan fingerprint density at radius 1 is 1.17 bits per heavy atom. The number of piperazine rings is 1. The minimum absolute atomic E-state index is 0. The number of hydrogen-bond acceptors (Lipinski definition) is 4. The minimum atomic E-state index is -0.208. The van der Waals surface area contributed by atoms with Crippen LogP contribution in [-0.2, 0) is 4.74 Å². The molecule has 24 heavy (non-hydrogen) atoms. The number of nitrogens with zero attached hydrogens (tertiary/aromatic N) is 4. The molecule has 0 aromatic rings. The van der Waals surface area contributed by atoms with Crippen molar-refractivity contribution < 1.29 is 9.53 Å². The van der Waals surface area contributed by atoms with E-state index in [9.17, 15) is 4.79 Å². The van der Waals surface area contributed by atoms with Gasteiger partial charge >= 0.3 is 6.09 Å². The molecule has 0 spiro atoms. The van der Waals surface area contributed by atoms with Gasteiger partial charge in [0, 0.05) is 46.3 Å². The average molecular weight is 453 g/mol. The number of amides is 1. The Hall–Kier alpha value is -0.770. The molecule has 0 aliphatic carbocycles. The molecule has 2 aliphatic heterocycles. The highest BCUT2D eigenvalue weighted by atomic mass is 127. The second-order valence-electron chi connectivity index (χ2n) is 6.15. The van der Waals surface area contributed by atoms with Crippen molar-refractivity contribution in [1.29, 1.82) is 0 Å². The highest BCUT2D eigenvalue weighted by Crippen LogP contribution is 2.14. The lowest BCUT2D eigenvalue weighted by atomic mass is 10.1. The van der Waals surface area contributed by atoms with E-state index in [1.807, 2.05) is 14.0 Å². The van der Waals surface area contributed by atoms with E-state index >= 15 is 0 Å². The SMILES string of the molecule is CCOC(=O)N1CCN(C(=NC)NCC2CCN(CC)C2)CC1.I. The lowest BCUT2D eigenvalue weighted by molar-refractivity contribution is 0.0914. The molecule has 1 unspecified atom stereocenters. The molecule has 8 heteroatoms. The molecule has 1 amide bonds. The minimum Gasteiger partial charge on any atom is -0.450 e. The summed E-state index contributed by atoms with van der Waals surface area (Å²) in [6, 6.07) is 0. The molecule has 1 atom stereocenters. The van der Waals surface area contributed by atoms with Gasteiger partial charge in [0.1, 0.15) is 0 Å². The standard InChI is InChI=1S/C16H31N5O2.HI/c1-4-19-7-6-14(13-19)12-18-15(17-3)20-8-10-21(11-9-20)16(22)23-5-2;/h14H,4-13H2,1-3H3,(H,17,18);1H. The number of likely N-dealkylation sites (tertiary alicyclic amines) is 1. The first-order valence-electron chi connectivity index (χ1n) is 8.77. The van der Waals surface area contributed by atoms with Gasteiger partial charge < -0.3 is 24.8 Å². The van der Waals surface area contributed by atoms with E-state index in [1.165, 1.54) is 19.5 Å². The van der Waals surface area contributed by atoms with Crippen molar-refractivity contribution in [2.45, 2.75) is 20.3 Å². The van der Waals surface area contributed by atoms with Crippen molar-refractivity contribution >= 4 is 36.0 Å². The van der Waals surface area contributed by atoms with Crippen LogP contribution < -0.4 is 5.32 Å². The van der Waals surface area contributed by atoms with Crippen LogP contribution in [0.5, 0.6) is 0 Å². The van der Waals surface area contributed by atoms with E-state index in [0.717, 1.165) is 32.1 Å². The third-order valence-corrected chi connectivity index (χ3v) is 4.68. The van der Waals surface area contributed by atoms with Crippen molar-refractivity contribution in [1.82, 2.24) is 20.0 Å². The van der Waals surface area contributed by atoms with Crippen molar-refractivity contribution in [3.8, 4) is 0 Å². The molecule has 2 rings (SSSR count). The van der Waals surface area contributed by atoms with Crippen LogP contribution in [0.4, 0.5) is 4.79 Å². The van der Waals surface area contributed by atoms with Crippen LogP contribution in [0.3, 0.4) is 0 Å². The molecule has 2 aliphatic rings. The molecule has 2 saturated heterocycles. The Kier molecular flexibility index (Phi) is 9.72. The zero-order valence-corrected chi connectivity index (χ0v) is 17.5. The van der Waals surface area contributed by atoms with Crippen LogP contribution in [-0.4, -0.2) is 92.8 Å². The van der Waals surface area contributed by atoms with Gasteiger partial charge in [0.15, 0.2) is 5.96 Å². The van der Waals surface area contributed by atoms with Gasteiger partial charge in [-0.2, -0.15) is 0 Å². The van der Waals surface area contributed by atoms with Gasteiger partial charge in [0.25, 0.3) is 0 Å². The first kappa shape index (κ1) is 21.3. The molecule has 7 nitrogen and oxygen atoms in total. The van der Waals surface area contributed by atoms with E-state index in [-0.39, 0.29) is 30.1 Å². The molecule has 0 aromatic carbocycles. The number of rotatable bonds is 4. The van der Waals surface area contributed by atoms with Gasteiger partial charge in [-0.25, -0.2) is 4.79 Å². The number of hydrogen-bond donors (Lipinski definition) is 1. The van der Waals surface area contributed by atoms with Gasteiger partial charge in [-0.1, -0.05) is 6.92 Å². The maximum Gasteiger partial charge on any atom is 0.409 e. The second kappa shape index (κ2) is 11.0. The Balaban J connectivity index is 0.00000288. The zero-order valence-electron chi connectivity index (χ0n) is 15.2. The second-order valence-corrected chi connectivity index (χ2v) is 6.15. The van der Waals surface area contributed by atoms with Gasteiger partial charge in [0.05, 0.1) is 6.61 Å². The van der Waals surface area contributed by atoms with Crippen LogP contribution in [0.15, 0.2) is 4.99 Å². The van der Waals surface area contributed by atoms with Crippen LogP contribution in [0, 0.1) is 5.92 Å². The van der Waals surface area contributed by atoms with E-state index in [1.54, 1.807) is 4.90 Å². The largest absolute Gasteiger partial charge is 0.450 e. The maximum atomic E-state index is 11.7. The Labute approximate surface area is 162 Å². The van der Waals surface area contributed by atoms with E-state index in [4.69, 9.17) is 4.74 Å². The van der Waals surface area contributed by atoms with Crippen LogP contribution in [0.2, 0.25) is 0 Å². The van der Waals surface area contributed by atoms with Gasteiger partial charge in [-0.15, -0.1) is 24.0 Å². The highest BCUT2D eigenvalue weighted by Gasteiger charge is 2.25. The summed E-state index contributed by atoms with van der Waals surface area (Å²) in [4.78, 5) is 22.6. The summed E-state index contributed by atoms with van der Waals surface area (Å²) in [7, 11) is 1.83. The molecule has 0 saturated carbocycles. The topological polar surface area (TPSA) is 60.4 Å². The molecular formula is C16H32IN5O2. The summed E-state index contributed by atoms with van der Waals surface area (Å²) in [6.45, 7) is 11.9. The van der Waals surface area contributed by atoms with E-state index in [0.29, 0.717) is 25.6 Å². The summed E-state index contributed by atoms with van der Waals surface area (Å²) >= 11 is 0. The Bertz CT molecular complexity index is 413. The quantitative estimate of drug-likeness (QED) is 0.395. The first-order chi connectivity index (χ1) is 11.2. The van der Waals surface area contributed by atoms with Crippen molar-refractivity contribution in [2.75, 3.05) is 66.0 Å². The van der Waals surface area contributed by atoms with Crippen LogP contribution in [0.25, 0.3) is 0 Å². The predicted octanol–water partition coefficient (Wildman–Crippen LogP) is 1.30. The van der Waals surface area contributed by atoms with Crippen LogP contribution >= 0.6 is 24.0 Å². The fourth-order valence-corrected chi connectivity index (χ4v) is 3.25. The third kappa shape index (κ3) is 5.94. The number of ether oxygens (including phenoxy) is 1. The molecule has 0 aromatic heterocycles. The maximum absolute atomic E-state index is 11.7. The average Bonchev–Trinajstić information content (AvgIpc) is 3.04. The molecule has 0 radical (unpaired) electrons. The fourth-order valence-electron chi connectivity index (χ4n) is 3.25. The monoisotopic (exact) mass is 453 g/mol. The summed E-state index contributed by atoms with van der Waals surface area (Å²) in [5, 5.41) is 3.51. The summed E-state index contributed by atoms with van der Waals surface area (Å²) in [5.74, 6) is 1.65. The highest BCUT2D eigenvalue weighted by molar-refractivity contribution is 14.0. The normalized spacial score (nSPS) is 22.3. The van der Waals surface area contributed by atoms with Crippen molar-refractivity contribution in [3.05, 3.63) is 0 Å². The summed E-state index contributed by atoms with van der Waals surface area (Å²) in [6.07, 6.45) is 1.05. The molecule has 140 valence electrons. The van der Waals surface area contributed by atoms with Gasteiger partial charge in [-0.3, -0.25) is 4.99 Å². The predicted molar refractivity (Wildman–Crippen MR) is 107 cm³/mol. The lowest BCUT2D eigenvalue weighted by Gasteiger charge is -2.36. The molecular weight excluding hydrogens is 421 g/mol. The van der Waals surface area contributed by atoms with E-state index < -0.39 is 0 Å². The molecule has 0 bridgehead atoms. The Morgan fingerprint density at radius 3 is 2.38 bits per heavy atom. The van der Waals surface area contributed by atoms with Gasteiger partial charge in [-0.05, 0) is 32.4 Å². The summed E-state index contributed by atoms with van der Waals surface area (Å²) < 4.78 is 5.06. The lowest BCUT2D eigenvalue weighted by Crippen LogP contribution is -2.54. The molecule has 2 heterocycles. The van der Waals surface area contributed by atoms with Crippen molar-refractivity contribution in [2.24, 2.45) is 10.9 Å². The van der Waals surface area contributed by atoms with Crippen molar-refractivity contribution in [3.63, 3.8) is 0 Å². The van der Waals surface area contributed by atoms with E-state index in [2.05, 4.69) is 27.0 Å². The number of carbonyl (C=O) groups excluding carboxylic acids is 1. The number of aliphatic imine (C=N–C) groups is 1. The Morgan fingerprint density at radius 2 is 1.83 bits per heavy atom. The smallest absolute Gasteiger partial charge is 0.409 e. The molecule has 1 N–H and O–H groups in total. The zero-order chi connectivity index (χ0) is 16.7. The first-order valence-corrected chi connectivity index (χ1v) is 8.77. The summed E-state index contributed by atoms with van der Waals surface area (Å²) in [5.41, 5.74) is 0. The van der Waals surface area contributed by atoms with Crippen LogP contribution in [0.1, 0.15) is 20.3 Å². The number of halogens is 1. The van der Waals surface area contributed by atoms with Gasteiger partial charge in [0.2, 0.25) is 0 Å². The third-order valence-electron chi connectivity index (χ3n) is 4.68. The number of nitrogens with one attached hydrogen (secondary N) is 1. The fraction of sp³-hybridized carbons (Fsp3) is 0.875. The number of carbonyl (C=O) groups is 1. The molecule has 2 fully saturated rings.